The number of nitrogens with one attached hydrogen (secondary N) is 1. The van der Waals surface area contributed by atoms with E-state index in [2.05, 4.69) is 10.4 Å². The zero-order valence-corrected chi connectivity index (χ0v) is 13.6. The number of carbonyl (C=O) groups is 2. The molecule has 0 fully saturated rings. The highest BCUT2D eigenvalue weighted by molar-refractivity contribution is 5.87. The highest BCUT2D eigenvalue weighted by atomic mass is 19.1. The van der Waals surface area contributed by atoms with Gasteiger partial charge in [-0.15, -0.1) is 5.10 Å². The molecular weight excluding hydrogens is 317 g/mol. The van der Waals surface area contributed by atoms with Crippen LogP contribution in [0.3, 0.4) is 0 Å². The molecule has 1 heterocycles. The lowest BCUT2D eigenvalue weighted by Gasteiger charge is -2.19. The van der Waals surface area contributed by atoms with E-state index >= 15 is 0 Å². The lowest BCUT2D eigenvalue weighted by Crippen LogP contribution is -2.45. The summed E-state index contributed by atoms with van der Waals surface area (Å²) in [5.41, 5.74) is 0.413. The third kappa shape index (κ3) is 4.15. The molecular formula is C16H18FN3O4. The normalized spacial score (nSPS) is 12.2. The van der Waals surface area contributed by atoms with Crippen LogP contribution in [-0.4, -0.2) is 27.5 Å². The van der Waals surface area contributed by atoms with Crippen LogP contribution in [-0.2, 0) is 16.1 Å². The van der Waals surface area contributed by atoms with Crippen molar-refractivity contribution in [2.24, 2.45) is 5.92 Å². The van der Waals surface area contributed by atoms with Gasteiger partial charge in [0.2, 0.25) is 11.8 Å². The van der Waals surface area contributed by atoms with E-state index in [1.807, 2.05) is 0 Å². The number of hydrogen-bond acceptors (Lipinski definition) is 5. The Morgan fingerprint density at radius 1 is 1.29 bits per heavy atom. The highest BCUT2D eigenvalue weighted by Gasteiger charge is 2.21. The molecule has 2 aromatic rings. The molecule has 7 nitrogen and oxygen atoms in total. The fraction of sp³-hybridized carbons (Fsp3) is 0.375. The van der Waals surface area contributed by atoms with Crippen LogP contribution in [0.5, 0.6) is 0 Å². The Hall–Kier alpha value is -2.77. The molecule has 0 aliphatic carbocycles. The number of carbonyl (C=O) groups excluding carboxylic acids is 2. The number of ketones is 1. The third-order valence-electron chi connectivity index (χ3n) is 3.41. The summed E-state index contributed by atoms with van der Waals surface area (Å²) in [5, 5.41) is 6.48. The highest BCUT2D eigenvalue weighted by Crippen LogP contribution is 2.15. The number of nitrogens with zero attached hydrogens (tertiary/aromatic N) is 2. The summed E-state index contributed by atoms with van der Waals surface area (Å²) in [7, 11) is 0. The molecule has 0 saturated carbocycles. The predicted molar refractivity (Wildman–Crippen MR) is 83.6 cm³/mol. The minimum absolute atomic E-state index is 0.0141. The Morgan fingerprint density at radius 3 is 2.46 bits per heavy atom. The minimum Gasteiger partial charge on any atom is -0.388 e. The van der Waals surface area contributed by atoms with Crippen molar-refractivity contribution >= 4 is 11.7 Å². The van der Waals surface area contributed by atoms with Gasteiger partial charge in [0.25, 0.3) is 0 Å². The van der Waals surface area contributed by atoms with Crippen molar-refractivity contribution in [1.29, 1.82) is 0 Å². The third-order valence-corrected chi connectivity index (χ3v) is 3.41. The van der Waals surface area contributed by atoms with Crippen molar-refractivity contribution in [1.82, 2.24) is 15.1 Å². The first-order valence-corrected chi connectivity index (χ1v) is 7.41. The van der Waals surface area contributed by atoms with Crippen LogP contribution in [0.2, 0.25) is 0 Å². The molecule has 1 aromatic heterocycles. The largest absolute Gasteiger partial charge is 0.437 e. The molecule has 0 saturated heterocycles. The molecule has 0 radical (unpaired) electrons. The van der Waals surface area contributed by atoms with Crippen LogP contribution in [0.4, 0.5) is 4.39 Å². The van der Waals surface area contributed by atoms with E-state index in [-0.39, 0.29) is 24.1 Å². The van der Waals surface area contributed by atoms with Crippen molar-refractivity contribution < 1.29 is 18.4 Å². The number of amides is 1. The van der Waals surface area contributed by atoms with Crippen molar-refractivity contribution in [2.45, 2.75) is 33.4 Å². The summed E-state index contributed by atoms with van der Waals surface area (Å²) in [6.45, 7) is 4.63. The Bertz CT molecular complexity index is 792. The monoisotopic (exact) mass is 335 g/mol. The topological polar surface area (TPSA) is 94.2 Å². The lowest BCUT2D eigenvalue weighted by atomic mass is 10.0. The van der Waals surface area contributed by atoms with Gasteiger partial charge in [-0.25, -0.2) is 9.18 Å². The molecule has 0 bridgehead atoms. The molecule has 1 aromatic carbocycles. The number of aromatic nitrogens is 2. The first-order chi connectivity index (χ1) is 11.3. The molecule has 0 unspecified atom stereocenters. The Balaban J connectivity index is 2.13. The SMILES string of the molecule is CC(=O)[C@@H](NC(=O)Cn1nc(-c2ccc(F)cc2)oc1=O)C(C)C. The van der Waals surface area contributed by atoms with Gasteiger partial charge in [-0.1, -0.05) is 13.8 Å². The Labute approximate surface area is 137 Å². The molecule has 0 spiro atoms. The van der Waals surface area contributed by atoms with E-state index in [0.717, 1.165) is 4.68 Å². The molecule has 8 heteroatoms. The van der Waals surface area contributed by atoms with Crippen LogP contribution in [0.15, 0.2) is 33.5 Å². The molecule has 1 atom stereocenters. The number of hydrogen-bond donors (Lipinski definition) is 1. The van der Waals surface area contributed by atoms with Crippen LogP contribution in [0.25, 0.3) is 11.5 Å². The fourth-order valence-electron chi connectivity index (χ4n) is 2.21. The van der Waals surface area contributed by atoms with E-state index in [9.17, 15) is 18.8 Å². The molecule has 0 aliphatic rings. The quantitative estimate of drug-likeness (QED) is 0.860. The van der Waals surface area contributed by atoms with Crippen LogP contribution < -0.4 is 11.1 Å². The van der Waals surface area contributed by atoms with E-state index < -0.39 is 23.5 Å². The first kappa shape index (κ1) is 17.6. The fourth-order valence-corrected chi connectivity index (χ4v) is 2.21. The molecule has 2 rings (SSSR count). The number of Topliss-reactive ketones (excluding diaryl/α,β-unsaturated/α-hetero) is 1. The van der Waals surface area contributed by atoms with Crippen LogP contribution >= 0.6 is 0 Å². The Kier molecular flexibility index (Phi) is 5.28. The molecule has 0 aliphatic heterocycles. The van der Waals surface area contributed by atoms with Crippen LogP contribution in [0, 0.1) is 11.7 Å². The van der Waals surface area contributed by atoms with Gasteiger partial charge in [-0.05, 0) is 37.1 Å². The van der Waals surface area contributed by atoms with E-state index in [0.29, 0.717) is 5.56 Å². The number of rotatable bonds is 6. The maximum absolute atomic E-state index is 12.9. The van der Waals surface area contributed by atoms with Crippen molar-refractivity contribution in [2.75, 3.05) is 0 Å². The Morgan fingerprint density at radius 2 is 1.92 bits per heavy atom. The van der Waals surface area contributed by atoms with Crippen molar-refractivity contribution in [3.05, 3.63) is 40.6 Å². The average Bonchev–Trinajstić information content (AvgIpc) is 2.86. The summed E-state index contributed by atoms with van der Waals surface area (Å²) in [5.74, 6) is -2.02. The molecule has 24 heavy (non-hydrogen) atoms. The maximum Gasteiger partial charge on any atom is 0.437 e. The van der Waals surface area contributed by atoms with Gasteiger partial charge in [0.15, 0.2) is 5.78 Å². The first-order valence-electron chi connectivity index (χ1n) is 7.41. The summed E-state index contributed by atoms with van der Waals surface area (Å²) in [4.78, 5) is 35.3. The van der Waals surface area contributed by atoms with Gasteiger partial charge in [-0.3, -0.25) is 9.59 Å². The molecule has 128 valence electrons. The summed E-state index contributed by atoms with van der Waals surface area (Å²) >= 11 is 0. The van der Waals surface area contributed by atoms with Crippen molar-refractivity contribution in [3.63, 3.8) is 0 Å². The van der Waals surface area contributed by atoms with Gasteiger partial charge in [-0.2, -0.15) is 4.68 Å². The molecule has 1 N–H and O–H groups in total. The van der Waals surface area contributed by atoms with E-state index in [1.165, 1.54) is 31.2 Å². The zero-order chi connectivity index (χ0) is 17.9. The van der Waals surface area contributed by atoms with Gasteiger partial charge >= 0.3 is 5.76 Å². The average molecular weight is 335 g/mol. The standard InChI is InChI=1S/C16H18FN3O4/c1-9(2)14(10(3)21)18-13(22)8-20-16(23)24-15(19-20)11-4-6-12(17)7-5-11/h4-7,9,14H,8H2,1-3H3,(H,18,22)/t14-/m0/s1. The smallest absolute Gasteiger partial charge is 0.388 e. The number of halogens is 1. The summed E-state index contributed by atoms with van der Waals surface area (Å²) in [6, 6.07) is 4.62. The van der Waals surface area contributed by atoms with Gasteiger partial charge in [0.1, 0.15) is 12.4 Å². The van der Waals surface area contributed by atoms with Gasteiger partial charge in [0, 0.05) is 5.56 Å². The molecule has 1 amide bonds. The van der Waals surface area contributed by atoms with Gasteiger partial charge < -0.3 is 9.73 Å². The predicted octanol–water partition coefficient (Wildman–Crippen LogP) is 1.37. The maximum atomic E-state index is 12.9. The van der Waals surface area contributed by atoms with Gasteiger partial charge in [0.05, 0.1) is 6.04 Å². The number of benzene rings is 1. The zero-order valence-electron chi connectivity index (χ0n) is 13.6. The summed E-state index contributed by atoms with van der Waals surface area (Å²) < 4.78 is 18.7. The van der Waals surface area contributed by atoms with E-state index in [1.54, 1.807) is 13.8 Å². The van der Waals surface area contributed by atoms with Crippen LogP contribution in [0.1, 0.15) is 20.8 Å². The van der Waals surface area contributed by atoms with E-state index in [4.69, 9.17) is 4.42 Å². The second-order valence-corrected chi connectivity index (χ2v) is 5.74. The summed E-state index contributed by atoms with van der Waals surface area (Å²) in [6.07, 6.45) is 0. The lowest BCUT2D eigenvalue weighted by molar-refractivity contribution is -0.128. The second kappa shape index (κ2) is 7.20. The van der Waals surface area contributed by atoms with Crippen molar-refractivity contribution in [3.8, 4) is 11.5 Å². The second-order valence-electron chi connectivity index (χ2n) is 5.74. The minimum atomic E-state index is -0.812.